The summed E-state index contributed by atoms with van der Waals surface area (Å²) in [6.07, 6.45) is 2.42. The van der Waals surface area contributed by atoms with Crippen molar-refractivity contribution in [3.8, 4) is 0 Å². The minimum atomic E-state index is -0.750. The van der Waals surface area contributed by atoms with Crippen LogP contribution in [0.1, 0.15) is 12.0 Å². The molecule has 0 unspecified atom stereocenters. The van der Waals surface area contributed by atoms with Crippen molar-refractivity contribution in [2.45, 2.75) is 19.9 Å². The summed E-state index contributed by atoms with van der Waals surface area (Å²) in [5.74, 6) is -0.874. The van der Waals surface area contributed by atoms with Crippen molar-refractivity contribution in [3.05, 3.63) is 34.2 Å². The van der Waals surface area contributed by atoms with E-state index in [0.29, 0.717) is 13.0 Å². The van der Waals surface area contributed by atoms with Crippen molar-refractivity contribution in [2.24, 2.45) is 11.8 Å². The Kier molecular flexibility index (Phi) is 2.34. The zero-order valence-corrected chi connectivity index (χ0v) is 8.51. The molecule has 1 heterocycles. The first kappa shape index (κ1) is 9.96. The molecule has 1 aromatic rings. The Morgan fingerprint density at radius 2 is 2.40 bits per heavy atom. The van der Waals surface area contributed by atoms with Gasteiger partial charge >= 0.3 is 5.97 Å². The molecule has 1 aliphatic carbocycles. The number of carboxylic acid groups (broad SMARTS) is 1. The molecule has 4 nitrogen and oxygen atoms in total. The van der Waals surface area contributed by atoms with E-state index in [0.717, 1.165) is 5.56 Å². The summed E-state index contributed by atoms with van der Waals surface area (Å²) in [5.41, 5.74) is 0.882. The molecular formula is C11H13NO3. The molecule has 0 bridgehead atoms. The molecule has 2 rings (SSSR count). The van der Waals surface area contributed by atoms with Gasteiger partial charge in [-0.2, -0.15) is 0 Å². The molecule has 4 heteroatoms. The lowest BCUT2D eigenvalue weighted by Crippen LogP contribution is -2.20. The summed E-state index contributed by atoms with van der Waals surface area (Å²) < 4.78 is 1.58. The van der Waals surface area contributed by atoms with E-state index in [9.17, 15) is 9.59 Å². The van der Waals surface area contributed by atoms with Crippen LogP contribution in [0, 0.1) is 18.8 Å². The number of carbonyl (C=O) groups is 1. The number of pyridine rings is 1. The molecule has 80 valence electrons. The lowest BCUT2D eigenvalue weighted by Gasteiger charge is -2.04. The van der Waals surface area contributed by atoms with Crippen molar-refractivity contribution in [3.63, 3.8) is 0 Å². The highest BCUT2D eigenvalue weighted by Gasteiger charge is 2.43. The highest BCUT2D eigenvalue weighted by Crippen LogP contribution is 2.39. The van der Waals surface area contributed by atoms with Crippen molar-refractivity contribution >= 4 is 5.97 Å². The first-order valence-corrected chi connectivity index (χ1v) is 4.98. The Balaban J connectivity index is 2.07. The van der Waals surface area contributed by atoms with Gasteiger partial charge in [-0.05, 0) is 30.9 Å². The van der Waals surface area contributed by atoms with Gasteiger partial charge < -0.3 is 9.67 Å². The molecule has 15 heavy (non-hydrogen) atoms. The van der Waals surface area contributed by atoms with Gasteiger partial charge in [0.2, 0.25) is 0 Å². The standard InChI is InChI=1S/C11H13NO3/c1-7-2-3-12(10(13)4-7)6-8-5-9(8)11(14)15/h2-4,8-9H,5-6H2,1H3,(H,14,15)/t8-,9+/m0/s1. The fraction of sp³-hybridized carbons (Fsp3) is 0.455. The monoisotopic (exact) mass is 207 g/mol. The third kappa shape index (κ3) is 2.09. The first-order chi connectivity index (χ1) is 7.08. The summed E-state index contributed by atoms with van der Waals surface area (Å²) in [7, 11) is 0. The number of carboxylic acids is 1. The van der Waals surface area contributed by atoms with E-state index in [4.69, 9.17) is 5.11 Å². The molecule has 0 aromatic carbocycles. The van der Waals surface area contributed by atoms with Crippen LogP contribution in [0.2, 0.25) is 0 Å². The summed E-state index contributed by atoms with van der Waals surface area (Å²) in [5, 5.41) is 8.73. The first-order valence-electron chi connectivity index (χ1n) is 4.98. The van der Waals surface area contributed by atoms with E-state index in [-0.39, 0.29) is 17.4 Å². The van der Waals surface area contributed by atoms with Gasteiger partial charge in [0.1, 0.15) is 0 Å². The van der Waals surface area contributed by atoms with Gasteiger partial charge in [0.15, 0.2) is 0 Å². The average Bonchev–Trinajstić information content (AvgIpc) is 2.89. The second kappa shape index (κ2) is 3.53. The molecule has 2 atom stereocenters. The van der Waals surface area contributed by atoms with Crippen LogP contribution in [0.3, 0.4) is 0 Å². The number of nitrogens with zero attached hydrogens (tertiary/aromatic N) is 1. The minimum Gasteiger partial charge on any atom is -0.481 e. The molecule has 1 aromatic heterocycles. The Labute approximate surface area is 87.2 Å². The van der Waals surface area contributed by atoms with Gasteiger partial charge in [0.05, 0.1) is 5.92 Å². The average molecular weight is 207 g/mol. The second-order valence-electron chi connectivity index (χ2n) is 4.14. The molecule has 0 saturated heterocycles. The van der Waals surface area contributed by atoms with Crippen LogP contribution in [0.15, 0.2) is 23.1 Å². The Hall–Kier alpha value is -1.58. The Bertz CT molecular complexity index is 449. The van der Waals surface area contributed by atoms with E-state index in [1.807, 2.05) is 13.0 Å². The van der Waals surface area contributed by atoms with Crippen LogP contribution < -0.4 is 5.56 Å². The van der Waals surface area contributed by atoms with E-state index in [1.165, 1.54) is 0 Å². The Morgan fingerprint density at radius 1 is 1.67 bits per heavy atom. The number of aryl methyl sites for hydroxylation is 1. The molecule has 1 aliphatic rings. The maximum atomic E-state index is 11.5. The largest absolute Gasteiger partial charge is 0.481 e. The zero-order chi connectivity index (χ0) is 11.0. The lowest BCUT2D eigenvalue weighted by molar-refractivity contribution is -0.138. The molecule has 0 spiro atoms. The van der Waals surface area contributed by atoms with Gasteiger partial charge in [-0.3, -0.25) is 9.59 Å². The van der Waals surface area contributed by atoms with E-state index in [1.54, 1.807) is 16.8 Å². The quantitative estimate of drug-likeness (QED) is 0.800. The van der Waals surface area contributed by atoms with Gasteiger partial charge in [-0.15, -0.1) is 0 Å². The SMILES string of the molecule is Cc1ccn(C[C@@H]2C[C@H]2C(=O)O)c(=O)c1. The fourth-order valence-corrected chi connectivity index (χ4v) is 1.76. The zero-order valence-electron chi connectivity index (χ0n) is 8.51. The molecule has 0 radical (unpaired) electrons. The van der Waals surface area contributed by atoms with Gasteiger partial charge in [0.25, 0.3) is 5.56 Å². The topological polar surface area (TPSA) is 59.3 Å². The number of aromatic nitrogens is 1. The van der Waals surface area contributed by atoms with Gasteiger partial charge in [0, 0.05) is 18.8 Å². The highest BCUT2D eigenvalue weighted by molar-refractivity contribution is 5.73. The van der Waals surface area contributed by atoms with E-state index in [2.05, 4.69) is 0 Å². The summed E-state index contributed by atoms with van der Waals surface area (Å²) >= 11 is 0. The Morgan fingerprint density at radius 3 is 2.93 bits per heavy atom. The molecule has 0 amide bonds. The van der Waals surface area contributed by atoms with Crippen LogP contribution in [0.5, 0.6) is 0 Å². The van der Waals surface area contributed by atoms with Crippen LogP contribution >= 0.6 is 0 Å². The van der Waals surface area contributed by atoms with E-state index >= 15 is 0 Å². The minimum absolute atomic E-state index is 0.0500. The number of hydrogen-bond donors (Lipinski definition) is 1. The maximum absolute atomic E-state index is 11.5. The predicted octanol–water partition coefficient (Wildman–Crippen LogP) is 0.877. The van der Waals surface area contributed by atoms with Gasteiger partial charge in [-0.1, -0.05) is 0 Å². The summed E-state index contributed by atoms with van der Waals surface area (Å²) in [6, 6.07) is 3.43. The highest BCUT2D eigenvalue weighted by atomic mass is 16.4. The van der Waals surface area contributed by atoms with Crippen molar-refractivity contribution in [1.82, 2.24) is 4.57 Å². The maximum Gasteiger partial charge on any atom is 0.306 e. The molecule has 1 fully saturated rings. The van der Waals surface area contributed by atoms with Crippen LogP contribution in [0.4, 0.5) is 0 Å². The third-order valence-electron chi connectivity index (χ3n) is 2.82. The normalized spacial score (nSPS) is 23.8. The molecular weight excluding hydrogens is 194 g/mol. The second-order valence-corrected chi connectivity index (χ2v) is 4.14. The van der Waals surface area contributed by atoms with Crippen molar-refractivity contribution in [2.75, 3.05) is 0 Å². The molecule has 1 saturated carbocycles. The number of aliphatic carboxylic acids is 1. The van der Waals surface area contributed by atoms with Crippen LogP contribution in [-0.4, -0.2) is 15.6 Å². The lowest BCUT2D eigenvalue weighted by atomic mass is 10.3. The van der Waals surface area contributed by atoms with Gasteiger partial charge in [-0.25, -0.2) is 0 Å². The number of hydrogen-bond acceptors (Lipinski definition) is 2. The summed E-state index contributed by atoms with van der Waals surface area (Å²) in [4.78, 5) is 22.1. The third-order valence-corrected chi connectivity index (χ3v) is 2.82. The number of rotatable bonds is 3. The van der Waals surface area contributed by atoms with Crippen LogP contribution in [0.25, 0.3) is 0 Å². The van der Waals surface area contributed by atoms with E-state index < -0.39 is 5.97 Å². The fourth-order valence-electron chi connectivity index (χ4n) is 1.76. The van der Waals surface area contributed by atoms with Crippen LogP contribution in [-0.2, 0) is 11.3 Å². The predicted molar refractivity (Wildman–Crippen MR) is 54.7 cm³/mol. The van der Waals surface area contributed by atoms with Crippen molar-refractivity contribution in [1.29, 1.82) is 0 Å². The molecule has 0 aliphatic heterocycles. The smallest absolute Gasteiger partial charge is 0.306 e. The molecule has 1 N–H and O–H groups in total. The summed E-state index contributed by atoms with van der Waals surface area (Å²) in [6.45, 7) is 2.39. The van der Waals surface area contributed by atoms with Crippen molar-refractivity contribution < 1.29 is 9.90 Å².